The number of hydrogen-bond acceptors (Lipinski definition) is 3. The van der Waals surface area contributed by atoms with Gasteiger partial charge in [0.1, 0.15) is 17.3 Å². The van der Waals surface area contributed by atoms with E-state index in [1.54, 1.807) is 6.08 Å². The molecule has 76 valence electrons. The average Bonchev–Trinajstić information content (AvgIpc) is 2.15. The Morgan fingerprint density at radius 2 is 2.21 bits per heavy atom. The van der Waals surface area contributed by atoms with E-state index in [4.69, 9.17) is 11.5 Å². The second-order valence-electron chi connectivity index (χ2n) is 3.03. The summed E-state index contributed by atoms with van der Waals surface area (Å²) in [6.07, 6.45) is 2.13. The van der Waals surface area contributed by atoms with Gasteiger partial charge >= 0.3 is 0 Å². The Balaban J connectivity index is 3.10. The van der Waals surface area contributed by atoms with E-state index in [-0.39, 0.29) is 11.4 Å². The Kier molecular flexibility index (Phi) is 3.09. The molecule has 0 aromatic heterocycles. The molecule has 0 amide bonds. The van der Waals surface area contributed by atoms with Gasteiger partial charge in [-0.25, -0.2) is 4.39 Å². The maximum atomic E-state index is 12.9. The minimum Gasteiger partial charge on any atom is -0.505 e. The summed E-state index contributed by atoms with van der Waals surface area (Å²) in [5.41, 5.74) is 11.2. The van der Waals surface area contributed by atoms with Crippen LogP contribution in [0.2, 0.25) is 0 Å². The molecule has 0 saturated heterocycles. The van der Waals surface area contributed by atoms with Crippen LogP contribution >= 0.6 is 0 Å². The first-order valence-electron chi connectivity index (χ1n) is 4.21. The summed E-state index contributed by atoms with van der Waals surface area (Å²) >= 11 is 0. The maximum Gasteiger partial charge on any atom is 0.149 e. The molecule has 0 spiro atoms. The highest BCUT2D eigenvalue weighted by Gasteiger charge is 2.14. The quantitative estimate of drug-likeness (QED) is 0.391. The topological polar surface area (TPSA) is 72.3 Å². The highest BCUT2D eigenvalue weighted by molar-refractivity contribution is 5.57. The number of halogens is 1. The number of benzene rings is 1. The molecule has 1 aromatic rings. The van der Waals surface area contributed by atoms with Crippen LogP contribution in [0.15, 0.2) is 24.8 Å². The fourth-order valence-corrected chi connectivity index (χ4v) is 1.21. The van der Waals surface area contributed by atoms with Crippen LogP contribution in [-0.2, 0) is 0 Å². The number of hydrogen-bond donors (Lipinski definition) is 3. The van der Waals surface area contributed by atoms with Crippen molar-refractivity contribution in [3.63, 3.8) is 0 Å². The van der Waals surface area contributed by atoms with Crippen LogP contribution in [0.25, 0.3) is 0 Å². The molecule has 0 fully saturated rings. The molecule has 1 atom stereocenters. The highest BCUT2D eigenvalue weighted by atomic mass is 19.1. The highest BCUT2D eigenvalue weighted by Crippen LogP contribution is 2.32. The molecule has 0 heterocycles. The molecule has 0 saturated carbocycles. The Hall–Kier alpha value is -1.55. The number of nitrogen functional groups attached to an aromatic ring is 1. The molecule has 0 aliphatic carbocycles. The lowest BCUT2D eigenvalue weighted by atomic mass is 10.0. The van der Waals surface area contributed by atoms with Gasteiger partial charge in [-0.3, -0.25) is 0 Å². The third kappa shape index (κ3) is 1.85. The predicted octanol–water partition coefficient (Wildman–Crippen LogP) is 1.69. The zero-order chi connectivity index (χ0) is 10.7. The summed E-state index contributed by atoms with van der Waals surface area (Å²) in [5.74, 6) is -0.920. The van der Waals surface area contributed by atoms with E-state index in [1.807, 2.05) is 0 Å². The van der Waals surface area contributed by atoms with E-state index in [9.17, 15) is 9.50 Å². The van der Waals surface area contributed by atoms with E-state index in [2.05, 4.69) is 6.58 Å². The molecule has 4 heteroatoms. The largest absolute Gasteiger partial charge is 0.505 e. The van der Waals surface area contributed by atoms with Gasteiger partial charge in [0, 0.05) is 11.6 Å². The summed E-state index contributed by atoms with van der Waals surface area (Å²) < 4.78 is 12.9. The van der Waals surface area contributed by atoms with Crippen LogP contribution in [0.3, 0.4) is 0 Å². The van der Waals surface area contributed by atoms with Crippen LogP contribution in [-0.4, -0.2) is 5.11 Å². The molecule has 14 heavy (non-hydrogen) atoms. The van der Waals surface area contributed by atoms with Crippen LogP contribution in [0.1, 0.15) is 18.0 Å². The van der Waals surface area contributed by atoms with Gasteiger partial charge in [-0.2, -0.15) is 0 Å². The number of nitrogens with two attached hydrogens (primary N) is 2. The van der Waals surface area contributed by atoms with Gasteiger partial charge < -0.3 is 16.6 Å². The van der Waals surface area contributed by atoms with E-state index in [0.29, 0.717) is 12.0 Å². The van der Waals surface area contributed by atoms with Crippen molar-refractivity contribution in [2.24, 2.45) is 5.73 Å². The first-order valence-corrected chi connectivity index (χ1v) is 4.21. The molecule has 0 unspecified atom stereocenters. The van der Waals surface area contributed by atoms with Crippen LogP contribution < -0.4 is 11.5 Å². The standard InChI is InChI=1S/C10H13FN2O/c1-2-3-8(12)6-4-5-7(11)9(13)10(6)14/h2,4-5,8,14H,1,3,12-13H2/t8-/m1/s1. The molecule has 1 rings (SSSR count). The van der Waals surface area contributed by atoms with Crippen LogP contribution in [0.5, 0.6) is 5.75 Å². The lowest BCUT2D eigenvalue weighted by molar-refractivity contribution is 0.459. The summed E-state index contributed by atoms with van der Waals surface area (Å²) in [5, 5.41) is 9.50. The number of rotatable bonds is 3. The van der Waals surface area contributed by atoms with Gasteiger partial charge in [0.2, 0.25) is 0 Å². The van der Waals surface area contributed by atoms with Crippen molar-refractivity contribution in [1.82, 2.24) is 0 Å². The van der Waals surface area contributed by atoms with Gasteiger partial charge in [0.05, 0.1) is 0 Å². The number of phenols is 1. The third-order valence-electron chi connectivity index (χ3n) is 2.02. The summed E-state index contributed by atoms with van der Waals surface area (Å²) in [6, 6.07) is 2.21. The van der Waals surface area contributed by atoms with Crippen LogP contribution in [0, 0.1) is 5.82 Å². The minimum absolute atomic E-state index is 0.262. The first kappa shape index (κ1) is 10.5. The lowest BCUT2D eigenvalue weighted by Gasteiger charge is -2.13. The normalized spacial score (nSPS) is 12.4. The molecule has 0 aliphatic heterocycles. The molecule has 3 nitrogen and oxygen atoms in total. The van der Waals surface area contributed by atoms with Gasteiger partial charge in [-0.15, -0.1) is 6.58 Å². The zero-order valence-electron chi connectivity index (χ0n) is 7.70. The van der Waals surface area contributed by atoms with Crippen molar-refractivity contribution in [3.8, 4) is 5.75 Å². The zero-order valence-corrected chi connectivity index (χ0v) is 7.70. The predicted molar refractivity (Wildman–Crippen MR) is 54.2 cm³/mol. The van der Waals surface area contributed by atoms with E-state index >= 15 is 0 Å². The Morgan fingerprint density at radius 3 is 2.79 bits per heavy atom. The van der Waals surface area contributed by atoms with Gasteiger partial charge in [-0.1, -0.05) is 12.1 Å². The van der Waals surface area contributed by atoms with Crippen molar-refractivity contribution in [1.29, 1.82) is 0 Å². The smallest absolute Gasteiger partial charge is 0.149 e. The maximum absolute atomic E-state index is 12.9. The molecule has 0 aliphatic rings. The lowest BCUT2D eigenvalue weighted by Crippen LogP contribution is -2.10. The number of aromatic hydroxyl groups is 1. The van der Waals surface area contributed by atoms with E-state index < -0.39 is 11.9 Å². The fraction of sp³-hybridized carbons (Fsp3) is 0.200. The SMILES string of the molecule is C=CC[C@@H](N)c1ccc(F)c(N)c1O. The monoisotopic (exact) mass is 196 g/mol. The third-order valence-corrected chi connectivity index (χ3v) is 2.02. The van der Waals surface area contributed by atoms with Gasteiger partial charge in [0.15, 0.2) is 0 Å². The Morgan fingerprint density at radius 1 is 1.57 bits per heavy atom. The molecule has 5 N–H and O–H groups in total. The first-order chi connectivity index (χ1) is 6.57. The second-order valence-corrected chi connectivity index (χ2v) is 3.03. The number of anilines is 1. The minimum atomic E-state index is -0.642. The molecule has 0 radical (unpaired) electrons. The van der Waals surface area contributed by atoms with E-state index in [1.165, 1.54) is 12.1 Å². The van der Waals surface area contributed by atoms with Gasteiger partial charge in [-0.05, 0) is 12.5 Å². The summed E-state index contributed by atoms with van der Waals surface area (Å²) in [6.45, 7) is 3.53. The summed E-state index contributed by atoms with van der Waals surface area (Å²) in [7, 11) is 0. The average molecular weight is 196 g/mol. The molecule has 0 bridgehead atoms. The van der Waals surface area contributed by atoms with Gasteiger partial charge in [0.25, 0.3) is 0 Å². The van der Waals surface area contributed by atoms with Crippen molar-refractivity contribution < 1.29 is 9.50 Å². The van der Waals surface area contributed by atoms with Crippen molar-refractivity contribution >= 4 is 5.69 Å². The fourth-order valence-electron chi connectivity index (χ4n) is 1.21. The van der Waals surface area contributed by atoms with Crippen molar-refractivity contribution in [2.75, 3.05) is 5.73 Å². The van der Waals surface area contributed by atoms with Crippen molar-refractivity contribution in [3.05, 3.63) is 36.2 Å². The number of phenolic OH excluding ortho intramolecular Hbond substituents is 1. The Labute approximate surface area is 81.8 Å². The van der Waals surface area contributed by atoms with Crippen LogP contribution in [0.4, 0.5) is 10.1 Å². The molecular weight excluding hydrogens is 183 g/mol. The van der Waals surface area contributed by atoms with E-state index in [0.717, 1.165) is 0 Å². The molecular formula is C10H13FN2O. The molecule has 1 aromatic carbocycles. The Bertz CT molecular complexity index is 352. The van der Waals surface area contributed by atoms with Crippen molar-refractivity contribution in [2.45, 2.75) is 12.5 Å². The second kappa shape index (κ2) is 4.11. The summed E-state index contributed by atoms with van der Waals surface area (Å²) in [4.78, 5) is 0.